The highest BCUT2D eigenvalue weighted by Crippen LogP contribution is 2.40. The fourth-order valence-corrected chi connectivity index (χ4v) is 4.53. The molecule has 0 unspecified atom stereocenters. The Bertz CT molecular complexity index is 894. The van der Waals surface area contributed by atoms with E-state index >= 15 is 0 Å². The van der Waals surface area contributed by atoms with Gasteiger partial charge in [-0.25, -0.2) is 0 Å². The monoisotopic (exact) mass is 423 g/mol. The SMILES string of the molecule is CN1CCC2(CC1)Nc1ccccc1C(=O)N2Cc1cc(Cl)c(Cl)cc1Cl. The summed E-state index contributed by atoms with van der Waals surface area (Å²) in [5.74, 6) is 0.0102. The molecule has 1 amide bonds. The number of fused-ring (bicyclic) bond motifs is 1. The Balaban J connectivity index is 1.76. The van der Waals surface area contributed by atoms with E-state index in [9.17, 15) is 4.79 Å². The van der Waals surface area contributed by atoms with Crippen LogP contribution in [0, 0.1) is 0 Å². The van der Waals surface area contributed by atoms with Gasteiger partial charge in [-0.15, -0.1) is 0 Å². The molecule has 0 radical (unpaired) electrons. The van der Waals surface area contributed by atoms with Gasteiger partial charge in [0.05, 0.1) is 15.6 Å². The predicted octanol–water partition coefficient (Wildman–Crippen LogP) is 5.14. The maximum atomic E-state index is 13.4. The number of hydrogen-bond donors (Lipinski definition) is 1. The van der Waals surface area contributed by atoms with Crippen LogP contribution in [0.3, 0.4) is 0 Å². The normalized spacial score (nSPS) is 19.1. The standard InChI is InChI=1S/C20H20Cl3N3O/c1-25-8-6-20(7-9-25)24-18-5-3-2-4-14(18)19(27)26(20)12-13-10-16(22)17(23)11-15(13)21/h2-5,10-11,24H,6-9,12H2,1H3. The Kier molecular flexibility index (Phi) is 5.02. The highest BCUT2D eigenvalue weighted by Gasteiger charge is 2.46. The third kappa shape index (κ3) is 3.40. The summed E-state index contributed by atoms with van der Waals surface area (Å²) in [6, 6.07) is 11.1. The van der Waals surface area contributed by atoms with Gasteiger partial charge < -0.3 is 15.1 Å². The van der Waals surface area contributed by atoms with Crippen LogP contribution in [0.1, 0.15) is 28.8 Å². The zero-order valence-electron chi connectivity index (χ0n) is 14.9. The van der Waals surface area contributed by atoms with Crippen LogP contribution in [-0.4, -0.2) is 41.5 Å². The van der Waals surface area contributed by atoms with Crippen molar-refractivity contribution < 1.29 is 4.79 Å². The molecule has 1 N–H and O–H groups in total. The minimum absolute atomic E-state index is 0.0102. The maximum absolute atomic E-state index is 13.4. The van der Waals surface area contributed by atoms with Crippen LogP contribution >= 0.6 is 34.8 Å². The zero-order valence-corrected chi connectivity index (χ0v) is 17.2. The van der Waals surface area contributed by atoms with Crippen molar-refractivity contribution in [2.45, 2.75) is 25.0 Å². The fourth-order valence-electron chi connectivity index (χ4n) is 3.90. The fraction of sp³-hybridized carbons (Fsp3) is 0.350. The predicted molar refractivity (Wildman–Crippen MR) is 111 cm³/mol. The van der Waals surface area contributed by atoms with E-state index in [4.69, 9.17) is 34.8 Å². The molecule has 2 heterocycles. The second-order valence-corrected chi connectivity index (χ2v) is 8.48. The number of nitrogens with zero attached hydrogens (tertiary/aromatic N) is 2. The van der Waals surface area contributed by atoms with Crippen LogP contribution in [0.4, 0.5) is 5.69 Å². The lowest BCUT2D eigenvalue weighted by molar-refractivity contribution is 0.0270. The van der Waals surface area contributed by atoms with Crippen molar-refractivity contribution in [2.24, 2.45) is 0 Å². The third-order valence-electron chi connectivity index (χ3n) is 5.52. The largest absolute Gasteiger partial charge is 0.362 e. The van der Waals surface area contributed by atoms with E-state index in [1.54, 1.807) is 12.1 Å². The molecule has 2 aromatic carbocycles. The van der Waals surface area contributed by atoms with Gasteiger partial charge in [0.25, 0.3) is 5.91 Å². The molecular formula is C20H20Cl3N3O. The number of anilines is 1. The Labute approximate surface area is 174 Å². The molecule has 142 valence electrons. The molecule has 0 atom stereocenters. The average Bonchev–Trinajstić information content (AvgIpc) is 2.65. The Morgan fingerprint density at radius 2 is 1.70 bits per heavy atom. The lowest BCUT2D eigenvalue weighted by Crippen LogP contribution is -2.63. The van der Waals surface area contributed by atoms with Crippen molar-refractivity contribution in [3.05, 3.63) is 62.6 Å². The van der Waals surface area contributed by atoms with Crippen LogP contribution in [0.15, 0.2) is 36.4 Å². The number of para-hydroxylation sites is 1. The number of amides is 1. The summed E-state index contributed by atoms with van der Waals surface area (Å²) >= 11 is 18.7. The maximum Gasteiger partial charge on any atom is 0.258 e. The smallest absolute Gasteiger partial charge is 0.258 e. The summed E-state index contributed by atoms with van der Waals surface area (Å²) in [6.45, 7) is 2.20. The minimum atomic E-state index is -0.437. The van der Waals surface area contributed by atoms with E-state index in [1.807, 2.05) is 29.2 Å². The van der Waals surface area contributed by atoms with Crippen molar-refractivity contribution in [3.63, 3.8) is 0 Å². The molecule has 27 heavy (non-hydrogen) atoms. The first kappa shape index (κ1) is 18.9. The summed E-state index contributed by atoms with van der Waals surface area (Å²) < 4.78 is 0. The molecule has 0 saturated carbocycles. The van der Waals surface area contributed by atoms with E-state index in [1.165, 1.54) is 0 Å². The Morgan fingerprint density at radius 3 is 2.44 bits per heavy atom. The van der Waals surface area contributed by atoms with Crippen LogP contribution in [0.2, 0.25) is 15.1 Å². The number of carbonyl (C=O) groups is 1. The molecule has 2 aliphatic rings. The van der Waals surface area contributed by atoms with E-state index in [2.05, 4.69) is 17.3 Å². The molecule has 4 nitrogen and oxygen atoms in total. The molecule has 1 spiro atoms. The lowest BCUT2D eigenvalue weighted by atomic mass is 9.89. The van der Waals surface area contributed by atoms with Crippen LogP contribution < -0.4 is 5.32 Å². The van der Waals surface area contributed by atoms with Gasteiger partial charge in [-0.3, -0.25) is 4.79 Å². The summed E-state index contributed by atoms with van der Waals surface area (Å²) in [6.07, 6.45) is 1.67. The van der Waals surface area contributed by atoms with E-state index in [-0.39, 0.29) is 5.91 Å². The van der Waals surface area contributed by atoms with Gasteiger partial charge in [0.15, 0.2) is 0 Å². The lowest BCUT2D eigenvalue weighted by Gasteiger charge is -2.52. The average molecular weight is 425 g/mol. The first-order valence-electron chi connectivity index (χ1n) is 8.91. The quantitative estimate of drug-likeness (QED) is 0.678. The second kappa shape index (κ2) is 7.17. The summed E-state index contributed by atoms with van der Waals surface area (Å²) in [5, 5.41) is 5.01. The van der Waals surface area contributed by atoms with Crippen molar-refractivity contribution >= 4 is 46.4 Å². The van der Waals surface area contributed by atoms with Gasteiger partial charge in [-0.05, 0) is 36.9 Å². The number of benzene rings is 2. The van der Waals surface area contributed by atoms with Crippen molar-refractivity contribution in [1.82, 2.24) is 9.80 Å². The number of rotatable bonds is 2. The van der Waals surface area contributed by atoms with Crippen molar-refractivity contribution in [1.29, 1.82) is 0 Å². The first-order chi connectivity index (χ1) is 12.9. The summed E-state index contributed by atoms with van der Waals surface area (Å²) in [4.78, 5) is 17.6. The number of hydrogen-bond acceptors (Lipinski definition) is 3. The molecule has 1 saturated heterocycles. The number of carbonyl (C=O) groups excluding carboxylic acids is 1. The third-order valence-corrected chi connectivity index (χ3v) is 6.59. The molecule has 4 rings (SSSR count). The van der Waals surface area contributed by atoms with E-state index in [0.717, 1.165) is 37.2 Å². The number of halogens is 3. The Morgan fingerprint density at radius 1 is 1.04 bits per heavy atom. The number of piperidine rings is 1. The van der Waals surface area contributed by atoms with Gasteiger partial charge in [-0.1, -0.05) is 46.9 Å². The molecule has 2 aliphatic heterocycles. The highest BCUT2D eigenvalue weighted by atomic mass is 35.5. The second-order valence-electron chi connectivity index (χ2n) is 7.25. The molecule has 2 aromatic rings. The number of likely N-dealkylation sites (tertiary alicyclic amines) is 1. The van der Waals surface area contributed by atoms with Gasteiger partial charge >= 0.3 is 0 Å². The van der Waals surface area contributed by atoms with Gasteiger partial charge in [0.1, 0.15) is 5.66 Å². The van der Waals surface area contributed by atoms with Crippen LogP contribution in [0.25, 0.3) is 0 Å². The first-order valence-corrected chi connectivity index (χ1v) is 10.0. The minimum Gasteiger partial charge on any atom is -0.362 e. The van der Waals surface area contributed by atoms with Crippen LogP contribution in [0.5, 0.6) is 0 Å². The molecule has 0 aromatic heterocycles. The van der Waals surface area contributed by atoms with Crippen molar-refractivity contribution in [3.8, 4) is 0 Å². The molecular weight excluding hydrogens is 405 g/mol. The van der Waals surface area contributed by atoms with Gasteiger partial charge in [-0.2, -0.15) is 0 Å². The zero-order chi connectivity index (χ0) is 19.2. The summed E-state index contributed by atoms with van der Waals surface area (Å²) in [5.41, 5.74) is 1.92. The van der Waals surface area contributed by atoms with Crippen molar-refractivity contribution in [2.75, 3.05) is 25.5 Å². The molecule has 1 fully saturated rings. The number of nitrogens with one attached hydrogen (secondary N) is 1. The molecule has 0 aliphatic carbocycles. The molecule has 0 bridgehead atoms. The highest BCUT2D eigenvalue weighted by molar-refractivity contribution is 6.43. The van der Waals surface area contributed by atoms with E-state index in [0.29, 0.717) is 27.2 Å². The van der Waals surface area contributed by atoms with Gasteiger partial charge in [0.2, 0.25) is 0 Å². The Hall–Kier alpha value is -1.46. The van der Waals surface area contributed by atoms with E-state index < -0.39 is 5.66 Å². The molecule has 7 heteroatoms. The topological polar surface area (TPSA) is 35.6 Å². The van der Waals surface area contributed by atoms with Crippen LogP contribution in [-0.2, 0) is 6.54 Å². The summed E-state index contributed by atoms with van der Waals surface area (Å²) in [7, 11) is 2.10. The van der Waals surface area contributed by atoms with Gasteiger partial charge in [0, 0.05) is 43.2 Å².